The third-order valence-corrected chi connectivity index (χ3v) is 2.06. The zero-order valence-electron chi connectivity index (χ0n) is 6.57. The van der Waals surface area contributed by atoms with Gasteiger partial charge in [0.05, 0.1) is 0 Å². The lowest BCUT2D eigenvalue weighted by molar-refractivity contribution is -0.238. The molecular formula is C7H8F4O2. The second-order valence-electron chi connectivity index (χ2n) is 3.25. The Labute approximate surface area is 71.5 Å². The number of carboxylic acids is 1. The number of hydrogen-bond donors (Lipinski definition) is 1. The molecule has 0 saturated heterocycles. The van der Waals surface area contributed by atoms with Gasteiger partial charge in [-0.1, -0.05) is 12.8 Å². The highest BCUT2D eigenvalue weighted by Gasteiger charge is 2.63. The van der Waals surface area contributed by atoms with Gasteiger partial charge in [-0.2, -0.15) is 13.2 Å². The molecule has 1 fully saturated rings. The second-order valence-corrected chi connectivity index (χ2v) is 3.25. The van der Waals surface area contributed by atoms with Crippen molar-refractivity contribution in [3.05, 3.63) is 0 Å². The Hall–Kier alpha value is -0.810. The third kappa shape index (κ3) is 1.92. The highest BCUT2D eigenvalue weighted by molar-refractivity contribution is 5.78. The summed E-state index contributed by atoms with van der Waals surface area (Å²) < 4.78 is 48.9. The Kier molecular flexibility index (Phi) is 2.25. The molecule has 1 unspecified atom stereocenters. The lowest BCUT2D eigenvalue weighted by Gasteiger charge is -2.23. The third-order valence-electron chi connectivity index (χ3n) is 2.06. The van der Waals surface area contributed by atoms with Gasteiger partial charge in [0.1, 0.15) is 0 Å². The molecule has 13 heavy (non-hydrogen) atoms. The van der Waals surface area contributed by atoms with E-state index in [9.17, 15) is 22.4 Å². The lowest BCUT2D eigenvalue weighted by Crippen LogP contribution is -2.48. The van der Waals surface area contributed by atoms with Crippen LogP contribution in [0.5, 0.6) is 0 Å². The fraction of sp³-hybridized carbons (Fsp3) is 0.857. The molecule has 2 nitrogen and oxygen atoms in total. The maximum atomic E-state index is 13.0. The van der Waals surface area contributed by atoms with E-state index in [2.05, 4.69) is 0 Å². The van der Waals surface area contributed by atoms with Gasteiger partial charge in [0, 0.05) is 6.42 Å². The van der Waals surface area contributed by atoms with Crippen molar-refractivity contribution in [2.45, 2.75) is 31.1 Å². The first-order valence-electron chi connectivity index (χ1n) is 3.76. The Balaban J connectivity index is 2.78. The van der Waals surface area contributed by atoms with E-state index in [4.69, 9.17) is 5.11 Å². The molecule has 0 radical (unpaired) electrons. The topological polar surface area (TPSA) is 37.3 Å². The Morgan fingerprint density at radius 3 is 2.00 bits per heavy atom. The molecule has 0 aromatic carbocycles. The minimum Gasteiger partial charge on any atom is -0.479 e. The summed E-state index contributed by atoms with van der Waals surface area (Å²) in [5, 5.41) is 8.15. The molecule has 0 aromatic rings. The maximum Gasteiger partial charge on any atom is 0.433 e. The predicted octanol–water partition coefficient (Wildman–Crippen LogP) is 2.14. The van der Waals surface area contributed by atoms with Crippen molar-refractivity contribution in [3.63, 3.8) is 0 Å². The van der Waals surface area contributed by atoms with Crippen molar-refractivity contribution in [2.75, 3.05) is 0 Å². The summed E-state index contributed by atoms with van der Waals surface area (Å²) in [5.41, 5.74) is -4.06. The van der Waals surface area contributed by atoms with Crippen molar-refractivity contribution >= 4 is 5.97 Å². The minimum atomic E-state index is -5.32. The van der Waals surface area contributed by atoms with Crippen molar-refractivity contribution in [2.24, 2.45) is 5.92 Å². The Morgan fingerprint density at radius 2 is 1.77 bits per heavy atom. The highest BCUT2D eigenvalue weighted by atomic mass is 19.4. The van der Waals surface area contributed by atoms with Crippen molar-refractivity contribution in [3.8, 4) is 0 Å². The average Bonchev–Trinajstić information content (AvgIpc) is 2.68. The molecule has 0 amide bonds. The van der Waals surface area contributed by atoms with Crippen LogP contribution in [0, 0.1) is 5.92 Å². The molecule has 1 aliphatic rings. The van der Waals surface area contributed by atoms with E-state index < -0.39 is 30.2 Å². The summed E-state index contributed by atoms with van der Waals surface area (Å²) in [6.45, 7) is 0. The average molecular weight is 200 g/mol. The number of hydrogen-bond acceptors (Lipinski definition) is 1. The van der Waals surface area contributed by atoms with Gasteiger partial charge in [0.25, 0.3) is 0 Å². The minimum absolute atomic E-state index is 0.428. The predicted molar refractivity (Wildman–Crippen MR) is 34.9 cm³/mol. The largest absolute Gasteiger partial charge is 0.479 e. The van der Waals surface area contributed by atoms with E-state index in [1.165, 1.54) is 0 Å². The van der Waals surface area contributed by atoms with Crippen LogP contribution < -0.4 is 0 Å². The van der Waals surface area contributed by atoms with Gasteiger partial charge in [-0.3, -0.25) is 0 Å². The number of carbonyl (C=O) groups is 1. The fourth-order valence-corrected chi connectivity index (χ4v) is 1.04. The summed E-state index contributed by atoms with van der Waals surface area (Å²) in [4.78, 5) is 10.1. The first kappa shape index (κ1) is 10.3. The Morgan fingerprint density at radius 1 is 1.31 bits per heavy atom. The molecule has 6 heteroatoms. The molecule has 1 aliphatic carbocycles. The number of rotatable bonds is 3. The van der Waals surface area contributed by atoms with Gasteiger partial charge in [0.15, 0.2) is 0 Å². The van der Waals surface area contributed by atoms with Crippen LogP contribution >= 0.6 is 0 Å². The van der Waals surface area contributed by atoms with E-state index in [1.54, 1.807) is 0 Å². The molecule has 0 spiro atoms. The SMILES string of the molecule is O=C(O)C(F)(CC1CC1)C(F)(F)F. The summed E-state index contributed by atoms with van der Waals surface area (Å²) >= 11 is 0. The van der Waals surface area contributed by atoms with Gasteiger partial charge in [-0.25, -0.2) is 9.18 Å². The summed E-state index contributed by atoms with van der Waals surface area (Å²) in [6.07, 6.45) is -5.31. The standard InChI is InChI=1S/C7H8F4O2/c8-6(5(12)13,7(9,10)11)3-4-1-2-4/h4H,1-3H2,(H,12,13). The monoisotopic (exact) mass is 200 g/mol. The molecule has 1 N–H and O–H groups in total. The smallest absolute Gasteiger partial charge is 0.433 e. The molecule has 1 atom stereocenters. The second kappa shape index (κ2) is 2.85. The van der Waals surface area contributed by atoms with Crippen molar-refractivity contribution in [1.29, 1.82) is 0 Å². The zero-order chi connectivity index (χ0) is 10.3. The molecule has 0 heterocycles. The van der Waals surface area contributed by atoms with E-state index >= 15 is 0 Å². The van der Waals surface area contributed by atoms with Crippen LogP contribution in [0.4, 0.5) is 17.6 Å². The van der Waals surface area contributed by atoms with Gasteiger partial charge < -0.3 is 5.11 Å². The van der Waals surface area contributed by atoms with Crippen LogP contribution in [0.25, 0.3) is 0 Å². The quantitative estimate of drug-likeness (QED) is 0.708. The number of aliphatic carboxylic acids is 1. The summed E-state index contributed by atoms with van der Waals surface area (Å²) in [7, 11) is 0. The maximum absolute atomic E-state index is 13.0. The molecule has 1 rings (SSSR count). The van der Waals surface area contributed by atoms with E-state index in [-0.39, 0.29) is 0 Å². The lowest BCUT2D eigenvalue weighted by atomic mass is 9.98. The van der Waals surface area contributed by atoms with Crippen LogP contribution in [0.1, 0.15) is 19.3 Å². The van der Waals surface area contributed by atoms with Crippen LogP contribution in [0.15, 0.2) is 0 Å². The van der Waals surface area contributed by atoms with E-state index in [1.807, 2.05) is 0 Å². The van der Waals surface area contributed by atoms with Crippen LogP contribution in [0.2, 0.25) is 0 Å². The van der Waals surface area contributed by atoms with E-state index in [0.717, 1.165) is 0 Å². The van der Waals surface area contributed by atoms with Crippen molar-refractivity contribution < 1.29 is 27.5 Å². The number of alkyl halides is 4. The number of carboxylic acid groups (broad SMARTS) is 1. The zero-order valence-corrected chi connectivity index (χ0v) is 6.57. The normalized spacial score (nSPS) is 22.5. The molecule has 0 aliphatic heterocycles. The van der Waals surface area contributed by atoms with Crippen LogP contribution in [0.3, 0.4) is 0 Å². The van der Waals surface area contributed by atoms with Crippen LogP contribution in [-0.2, 0) is 4.79 Å². The summed E-state index contributed by atoms with van der Waals surface area (Å²) in [5.74, 6) is -2.87. The molecule has 0 bridgehead atoms. The van der Waals surface area contributed by atoms with Gasteiger partial charge in [-0.15, -0.1) is 0 Å². The molecule has 76 valence electrons. The van der Waals surface area contributed by atoms with Crippen molar-refractivity contribution in [1.82, 2.24) is 0 Å². The molecule has 1 saturated carbocycles. The molecule has 0 aromatic heterocycles. The van der Waals surface area contributed by atoms with E-state index in [0.29, 0.717) is 12.8 Å². The fourth-order valence-electron chi connectivity index (χ4n) is 1.04. The summed E-state index contributed by atoms with van der Waals surface area (Å²) in [6, 6.07) is 0. The number of halogens is 4. The Bertz CT molecular complexity index is 221. The van der Waals surface area contributed by atoms with Gasteiger partial charge >= 0.3 is 17.8 Å². The first-order valence-corrected chi connectivity index (χ1v) is 3.76. The molecular weight excluding hydrogens is 192 g/mol. The first-order chi connectivity index (χ1) is 5.77. The van der Waals surface area contributed by atoms with Crippen LogP contribution in [-0.4, -0.2) is 22.9 Å². The van der Waals surface area contributed by atoms with Gasteiger partial charge in [-0.05, 0) is 5.92 Å². The highest BCUT2D eigenvalue weighted by Crippen LogP contribution is 2.45. The van der Waals surface area contributed by atoms with Gasteiger partial charge in [0.2, 0.25) is 0 Å².